The third kappa shape index (κ3) is 1.24. The first-order chi connectivity index (χ1) is 4.74. The quantitative estimate of drug-likeness (QED) is 0.472. The van der Waals surface area contributed by atoms with Crippen molar-refractivity contribution in [2.45, 2.75) is 6.17 Å². The zero-order valence-electron chi connectivity index (χ0n) is 5.44. The van der Waals surface area contributed by atoms with Gasteiger partial charge in [0.1, 0.15) is 6.17 Å². The molecule has 1 aliphatic heterocycles. The van der Waals surface area contributed by atoms with Crippen LogP contribution >= 0.6 is 0 Å². The van der Waals surface area contributed by atoms with Crippen molar-refractivity contribution in [2.24, 2.45) is 0 Å². The molecule has 0 saturated carbocycles. The van der Waals surface area contributed by atoms with Crippen molar-refractivity contribution >= 4 is 6.03 Å². The number of nitrogens with one attached hydrogen (secondary N) is 3. The standard InChI is InChI=1S/C5H8FN3O/c1-7-4-3(6)2-8-5(10)9-4/h2,4,7H,1H3,(H2,8,9,10). The molecule has 1 rings (SSSR count). The van der Waals surface area contributed by atoms with Crippen molar-refractivity contribution in [3.05, 3.63) is 12.0 Å². The molecule has 0 aliphatic carbocycles. The fourth-order valence-corrected chi connectivity index (χ4v) is 0.670. The second-order valence-electron chi connectivity index (χ2n) is 1.87. The molecule has 0 aromatic heterocycles. The van der Waals surface area contributed by atoms with E-state index in [1.165, 1.54) is 0 Å². The van der Waals surface area contributed by atoms with Gasteiger partial charge < -0.3 is 10.6 Å². The van der Waals surface area contributed by atoms with Gasteiger partial charge in [0.25, 0.3) is 0 Å². The van der Waals surface area contributed by atoms with Crippen molar-refractivity contribution in [1.82, 2.24) is 16.0 Å². The number of amides is 2. The van der Waals surface area contributed by atoms with Crippen molar-refractivity contribution in [3.63, 3.8) is 0 Å². The molecule has 0 bridgehead atoms. The van der Waals surface area contributed by atoms with Gasteiger partial charge in [-0.05, 0) is 7.05 Å². The van der Waals surface area contributed by atoms with Gasteiger partial charge in [-0.25, -0.2) is 9.18 Å². The number of urea groups is 1. The number of rotatable bonds is 1. The fraction of sp³-hybridized carbons (Fsp3) is 0.400. The van der Waals surface area contributed by atoms with Crippen LogP contribution < -0.4 is 16.0 Å². The highest BCUT2D eigenvalue weighted by molar-refractivity contribution is 5.76. The van der Waals surface area contributed by atoms with Crippen molar-refractivity contribution in [1.29, 1.82) is 0 Å². The Labute approximate surface area is 57.5 Å². The summed E-state index contributed by atoms with van der Waals surface area (Å²) in [6.07, 6.45) is 0.341. The average molecular weight is 145 g/mol. The summed E-state index contributed by atoms with van der Waals surface area (Å²) < 4.78 is 12.5. The van der Waals surface area contributed by atoms with E-state index in [9.17, 15) is 9.18 Å². The maximum Gasteiger partial charge on any atom is 0.320 e. The molecule has 0 radical (unpaired) electrons. The maximum atomic E-state index is 12.5. The number of hydrogen-bond donors (Lipinski definition) is 3. The predicted octanol–water partition coefficient (Wildman–Crippen LogP) is -0.344. The summed E-state index contributed by atoms with van der Waals surface area (Å²) in [7, 11) is 1.56. The third-order valence-corrected chi connectivity index (χ3v) is 1.18. The van der Waals surface area contributed by atoms with E-state index in [2.05, 4.69) is 16.0 Å². The summed E-state index contributed by atoms with van der Waals surface area (Å²) in [4.78, 5) is 10.5. The SMILES string of the molecule is CNC1NC(=O)NC=C1F. The number of halogens is 1. The number of carbonyl (C=O) groups excluding carboxylic acids is 1. The van der Waals surface area contributed by atoms with E-state index >= 15 is 0 Å². The average Bonchev–Trinajstić information content (AvgIpc) is 1.94. The normalized spacial score (nSPS) is 24.8. The Kier molecular flexibility index (Phi) is 1.86. The van der Waals surface area contributed by atoms with Crippen LogP contribution in [0, 0.1) is 0 Å². The van der Waals surface area contributed by atoms with Crippen LogP contribution in [-0.2, 0) is 0 Å². The lowest BCUT2D eigenvalue weighted by Gasteiger charge is -2.19. The van der Waals surface area contributed by atoms with Gasteiger partial charge in [0, 0.05) is 6.20 Å². The molecule has 0 fully saturated rings. The van der Waals surface area contributed by atoms with Gasteiger partial charge in [-0.1, -0.05) is 0 Å². The molecule has 0 aromatic carbocycles. The highest BCUT2D eigenvalue weighted by Crippen LogP contribution is 2.02. The monoisotopic (exact) mass is 145 g/mol. The fourth-order valence-electron chi connectivity index (χ4n) is 0.670. The van der Waals surface area contributed by atoms with Gasteiger partial charge >= 0.3 is 6.03 Å². The van der Waals surface area contributed by atoms with E-state index in [4.69, 9.17) is 0 Å². The van der Waals surface area contributed by atoms with Crippen molar-refractivity contribution in [2.75, 3.05) is 7.05 Å². The van der Waals surface area contributed by atoms with Crippen molar-refractivity contribution < 1.29 is 9.18 Å². The van der Waals surface area contributed by atoms with Crippen LogP contribution in [0.1, 0.15) is 0 Å². The largest absolute Gasteiger partial charge is 0.320 e. The predicted molar refractivity (Wildman–Crippen MR) is 33.7 cm³/mol. The minimum Gasteiger partial charge on any atom is -0.316 e. The van der Waals surface area contributed by atoms with Crippen LogP contribution in [0.4, 0.5) is 9.18 Å². The third-order valence-electron chi connectivity index (χ3n) is 1.18. The van der Waals surface area contributed by atoms with E-state index < -0.39 is 18.0 Å². The highest BCUT2D eigenvalue weighted by atomic mass is 19.1. The number of hydrogen-bond acceptors (Lipinski definition) is 2. The van der Waals surface area contributed by atoms with Crippen LogP contribution in [0.3, 0.4) is 0 Å². The van der Waals surface area contributed by atoms with E-state index in [1.807, 2.05) is 0 Å². The van der Waals surface area contributed by atoms with Gasteiger partial charge in [-0.2, -0.15) is 0 Å². The molecule has 0 aromatic rings. The molecule has 5 heteroatoms. The summed E-state index contributed by atoms with van der Waals surface area (Å²) in [5, 5.41) is 7.05. The molecule has 56 valence electrons. The summed E-state index contributed by atoms with van der Waals surface area (Å²) >= 11 is 0. The van der Waals surface area contributed by atoms with Crippen LogP contribution in [0.15, 0.2) is 12.0 Å². The highest BCUT2D eigenvalue weighted by Gasteiger charge is 2.18. The van der Waals surface area contributed by atoms with Crippen LogP contribution in [0.5, 0.6) is 0 Å². The first-order valence-electron chi connectivity index (χ1n) is 2.84. The molecule has 0 saturated heterocycles. The lowest BCUT2D eigenvalue weighted by atomic mass is 10.4. The molecule has 2 amide bonds. The first kappa shape index (κ1) is 7.01. The lowest BCUT2D eigenvalue weighted by molar-refractivity contribution is 0.234. The first-order valence-corrected chi connectivity index (χ1v) is 2.84. The molecule has 3 N–H and O–H groups in total. The molecule has 1 atom stereocenters. The minimum atomic E-state index is -0.686. The molecule has 4 nitrogen and oxygen atoms in total. The molecular weight excluding hydrogens is 137 g/mol. The van der Waals surface area contributed by atoms with E-state index in [1.54, 1.807) is 7.05 Å². The van der Waals surface area contributed by atoms with Crippen molar-refractivity contribution in [3.8, 4) is 0 Å². The van der Waals surface area contributed by atoms with Gasteiger partial charge in [-0.15, -0.1) is 0 Å². The molecule has 1 heterocycles. The summed E-state index contributed by atoms with van der Waals surface area (Å²) in [5.74, 6) is -0.429. The molecule has 1 aliphatic rings. The Morgan fingerprint density at radius 3 is 3.00 bits per heavy atom. The molecule has 0 spiro atoms. The van der Waals surface area contributed by atoms with Gasteiger partial charge in [0.2, 0.25) is 0 Å². The Morgan fingerprint density at radius 2 is 2.50 bits per heavy atom. The number of likely N-dealkylation sites (N-methyl/N-ethyl adjacent to an activating group) is 1. The zero-order chi connectivity index (χ0) is 7.56. The molecular formula is C5H8FN3O. The Hall–Kier alpha value is -1.10. The smallest absolute Gasteiger partial charge is 0.316 e. The summed E-state index contributed by atoms with van der Waals surface area (Å²) in [6, 6.07) is -0.402. The Morgan fingerprint density at radius 1 is 1.80 bits per heavy atom. The Bertz CT molecular complexity index is 180. The van der Waals surface area contributed by atoms with E-state index in [0.29, 0.717) is 0 Å². The molecule has 10 heavy (non-hydrogen) atoms. The van der Waals surface area contributed by atoms with Gasteiger partial charge in [0.15, 0.2) is 5.83 Å². The molecule has 1 unspecified atom stereocenters. The van der Waals surface area contributed by atoms with Crippen LogP contribution in [0.25, 0.3) is 0 Å². The van der Waals surface area contributed by atoms with Gasteiger partial charge in [-0.3, -0.25) is 5.32 Å². The van der Waals surface area contributed by atoms with E-state index in [0.717, 1.165) is 6.20 Å². The number of carbonyl (C=O) groups is 1. The zero-order valence-corrected chi connectivity index (χ0v) is 5.44. The Balaban J connectivity index is 2.65. The van der Waals surface area contributed by atoms with Crippen LogP contribution in [-0.4, -0.2) is 19.2 Å². The maximum absolute atomic E-state index is 12.5. The summed E-state index contributed by atoms with van der Waals surface area (Å²) in [5.41, 5.74) is 0. The van der Waals surface area contributed by atoms with Gasteiger partial charge in [0.05, 0.1) is 0 Å². The summed E-state index contributed by atoms with van der Waals surface area (Å²) in [6.45, 7) is 0. The minimum absolute atomic E-state index is 0.402. The van der Waals surface area contributed by atoms with Crippen LogP contribution in [0.2, 0.25) is 0 Å². The topological polar surface area (TPSA) is 53.2 Å². The van der Waals surface area contributed by atoms with E-state index in [-0.39, 0.29) is 0 Å². The second-order valence-corrected chi connectivity index (χ2v) is 1.87. The lowest BCUT2D eigenvalue weighted by Crippen LogP contribution is -2.51. The second kappa shape index (κ2) is 2.66.